The van der Waals surface area contributed by atoms with Crippen LogP contribution in [0.5, 0.6) is 0 Å². The number of nitrogens with one attached hydrogen (secondary N) is 3. The molecule has 3 aromatic carbocycles. The van der Waals surface area contributed by atoms with E-state index < -0.39 is 0 Å². The van der Waals surface area contributed by atoms with E-state index in [-0.39, 0.29) is 11.8 Å². The molecule has 4 rings (SSSR count). The summed E-state index contributed by atoms with van der Waals surface area (Å²) in [5.74, 6) is 0.569. The van der Waals surface area contributed by atoms with Gasteiger partial charge in [0.15, 0.2) is 0 Å². The van der Waals surface area contributed by atoms with Gasteiger partial charge in [0.1, 0.15) is 5.82 Å². The minimum Gasteiger partial charge on any atom is -0.399 e. The number of hydrogen-bond acceptors (Lipinski definition) is 5. The molecule has 0 fully saturated rings. The lowest BCUT2D eigenvalue weighted by atomic mass is 10.2. The first-order valence-corrected chi connectivity index (χ1v) is 10.8. The number of unbranched alkanes of at least 4 members (excludes halogenated alkanes) is 1. The molecule has 0 spiro atoms. The fourth-order valence-electron chi connectivity index (χ4n) is 3.45. The second-order valence-corrected chi connectivity index (χ2v) is 7.83. The smallest absolute Gasteiger partial charge is 0.255 e. The number of aromatic amines is 1. The van der Waals surface area contributed by atoms with Gasteiger partial charge in [0.2, 0.25) is 0 Å². The van der Waals surface area contributed by atoms with Crippen molar-refractivity contribution in [1.29, 1.82) is 0 Å². The number of nitrogen functional groups attached to an aromatic ring is 2. The summed E-state index contributed by atoms with van der Waals surface area (Å²) in [4.78, 5) is 32.4. The molecule has 7 N–H and O–H groups in total. The number of rotatable bonds is 8. The number of carbonyl (C=O) groups excluding carboxylic acids is 2. The number of anilines is 3. The Morgan fingerprint density at radius 1 is 0.818 bits per heavy atom. The van der Waals surface area contributed by atoms with Crippen molar-refractivity contribution in [1.82, 2.24) is 15.3 Å². The molecular formula is C25H26N6O2. The van der Waals surface area contributed by atoms with E-state index in [0.29, 0.717) is 34.7 Å². The van der Waals surface area contributed by atoms with E-state index in [9.17, 15) is 9.59 Å². The predicted octanol–water partition coefficient (Wildman–Crippen LogP) is 3.73. The van der Waals surface area contributed by atoms with E-state index >= 15 is 0 Å². The van der Waals surface area contributed by atoms with Crippen molar-refractivity contribution in [2.24, 2.45) is 0 Å². The van der Waals surface area contributed by atoms with Gasteiger partial charge in [-0.2, -0.15) is 0 Å². The van der Waals surface area contributed by atoms with Crippen molar-refractivity contribution in [3.05, 3.63) is 83.7 Å². The van der Waals surface area contributed by atoms with Crippen LogP contribution in [0.1, 0.15) is 39.4 Å². The molecule has 4 aromatic rings. The molecule has 0 unspecified atom stereocenters. The maximum absolute atomic E-state index is 12.4. The molecule has 33 heavy (non-hydrogen) atoms. The second-order valence-electron chi connectivity index (χ2n) is 7.83. The highest BCUT2D eigenvalue weighted by Gasteiger charge is 2.09. The lowest BCUT2D eigenvalue weighted by molar-refractivity contribution is 0.0952. The molecule has 0 saturated carbocycles. The van der Waals surface area contributed by atoms with E-state index in [0.717, 1.165) is 36.1 Å². The van der Waals surface area contributed by atoms with Crippen LogP contribution in [0.15, 0.2) is 66.7 Å². The molecule has 0 radical (unpaired) electrons. The van der Waals surface area contributed by atoms with Gasteiger partial charge in [-0.25, -0.2) is 4.98 Å². The number of nitrogens with two attached hydrogens (primary N) is 2. The Morgan fingerprint density at radius 3 is 2.12 bits per heavy atom. The Balaban J connectivity index is 1.26. The van der Waals surface area contributed by atoms with Crippen molar-refractivity contribution in [2.45, 2.75) is 19.3 Å². The number of hydrogen-bond donors (Lipinski definition) is 5. The lowest BCUT2D eigenvalue weighted by Gasteiger charge is -2.05. The maximum Gasteiger partial charge on any atom is 0.255 e. The summed E-state index contributed by atoms with van der Waals surface area (Å²) in [7, 11) is 0. The van der Waals surface area contributed by atoms with E-state index in [4.69, 9.17) is 11.5 Å². The first kappa shape index (κ1) is 21.9. The predicted molar refractivity (Wildman–Crippen MR) is 131 cm³/mol. The van der Waals surface area contributed by atoms with Crippen LogP contribution in [0.2, 0.25) is 0 Å². The number of fused-ring (bicyclic) bond motifs is 1. The topological polar surface area (TPSA) is 139 Å². The van der Waals surface area contributed by atoms with Crippen LogP contribution in [0, 0.1) is 0 Å². The van der Waals surface area contributed by atoms with E-state index in [2.05, 4.69) is 20.6 Å². The normalized spacial score (nSPS) is 10.8. The molecule has 0 aliphatic carbocycles. The molecule has 0 saturated heterocycles. The largest absolute Gasteiger partial charge is 0.399 e. The number of aromatic nitrogens is 2. The van der Waals surface area contributed by atoms with E-state index in [1.54, 1.807) is 48.5 Å². The van der Waals surface area contributed by atoms with Gasteiger partial charge in [-0.3, -0.25) is 9.59 Å². The van der Waals surface area contributed by atoms with Crippen molar-refractivity contribution in [3.63, 3.8) is 0 Å². The molecule has 8 heteroatoms. The van der Waals surface area contributed by atoms with Crippen molar-refractivity contribution in [3.8, 4) is 0 Å². The monoisotopic (exact) mass is 442 g/mol. The minimum absolute atomic E-state index is 0.104. The zero-order chi connectivity index (χ0) is 23.2. The van der Waals surface area contributed by atoms with Gasteiger partial charge in [0, 0.05) is 41.2 Å². The van der Waals surface area contributed by atoms with Crippen LogP contribution in [0.4, 0.5) is 17.1 Å². The highest BCUT2D eigenvalue weighted by molar-refractivity contribution is 6.05. The average molecular weight is 443 g/mol. The first-order valence-electron chi connectivity index (χ1n) is 10.8. The van der Waals surface area contributed by atoms with Crippen molar-refractivity contribution >= 4 is 39.9 Å². The highest BCUT2D eigenvalue weighted by atomic mass is 16.2. The second kappa shape index (κ2) is 9.86. The van der Waals surface area contributed by atoms with Crippen LogP contribution >= 0.6 is 0 Å². The molecule has 0 aliphatic heterocycles. The van der Waals surface area contributed by atoms with Crippen LogP contribution in [0.3, 0.4) is 0 Å². The van der Waals surface area contributed by atoms with Crippen molar-refractivity contribution < 1.29 is 9.59 Å². The third-order valence-electron chi connectivity index (χ3n) is 5.26. The number of benzene rings is 3. The Labute approximate surface area is 191 Å². The summed E-state index contributed by atoms with van der Waals surface area (Å²) in [6.45, 7) is 0.588. The van der Waals surface area contributed by atoms with E-state index in [1.165, 1.54) is 0 Å². The summed E-state index contributed by atoms with van der Waals surface area (Å²) in [5.41, 5.74) is 16.1. The number of imidazole rings is 1. The number of amides is 2. The minimum atomic E-state index is -0.199. The SMILES string of the molecule is Nc1ccc(C(=O)NCCCCc2nc3ccc(NC(=O)c4ccc(N)cc4)cc3[nH]2)cc1. The summed E-state index contributed by atoms with van der Waals surface area (Å²) in [6, 6.07) is 19.2. The summed E-state index contributed by atoms with van der Waals surface area (Å²) in [5, 5.41) is 5.81. The van der Waals surface area contributed by atoms with Gasteiger partial charge >= 0.3 is 0 Å². The molecule has 2 amide bonds. The summed E-state index contributed by atoms with van der Waals surface area (Å²) in [6.07, 6.45) is 2.47. The average Bonchev–Trinajstić information content (AvgIpc) is 3.21. The fourth-order valence-corrected chi connectivity index (χ4v) is 3.45. The summed E-state index contributed by atoms with van der Waals surface area (Å²) >= 11 is 0. The Hall–Kier alpha value is -4.33. The maximum atomic E-state index is 12.4. The molecule has 1 aromatic heterocycles. The zero-order valence-electron chi connectivity index (χ0n) is 18.1. The van der Waals surface area contributed by atoms with Gasteiger partial charge in [0.25, 0.3) is 11.8 Å². The number of carbonyl (C=O) groups is 2. The van der Waals surface area contributed by atoms with Gasteiger partial charge in [-0.05, 0) is 79.6 Å². The molecule has 0 atom stereocenters. The third kappa shape index (κ3) is 5.68. The Bertz CT molecular complexity index is 1260. The van der Waals surface area contributed by atoms with Crippen LogP contribution < -0.4 is 22.1 Å². The van der Waals surface area contributed by atoms with Crippen LogP contribution in [0.25, 0.3) is 11.0 Å². The molecule has 8 nitrogen and oxygen atoms in total. The molecule has 168 valence electrons. The van der Waals surface area contributed by atoms with Crippen LogP contribution in [-0.2, 0) is 6.42 Å². The molecule has 0 bridgehead atoms. The van der Waals surface area contributed by atoms with E-state index in [1.807, 2.05) is 18.2 Å². The highest BCUT2D eigenvalue weighted by Crippen LogP contribution is 2.19. The zero-order valence-corrected chi connectivity index (χ0v) is 18.1. The summed E-state index contributed by atoms with van der Waals surface area (Å²) < 4.78 is 0. The lowest BCUT2D eigenvalue weighted by Crippen LogP contribution is -2.24. The molecular weight excluding hydrogens is 416 g/mol. The van der Waals surface area contributed by atoms with Gasteiger partial charge in [-0.1, -0.05) is 0 Å². The number of aryl methyl sites for hydroxylation is 1. The number of nitrogens with zero attached hydrogens (tertiary/aromatic N) is 1. The standard InChI is InChI=1S/C25H26N6O2/c26-18-8-4-16(5-9-18)24(32)28-14-2-1-3-23-30-21-13-12-20(15-22(21)31-23)29-25(33)17-6-10-19(27)11-7-17/h4-13,15H,1-3,14,26-27H2,(H,28,32)(H,29,33)(H,30,31). The molecule has 0 aliphatic rings. The Morgan fingerprint density at radius 2 is 1.45 bits per heavy atom. The Kier molecular flexibility index (Phi) is 6.54. The first-order chi connectivity index (χ1) is 16.0. The van der Waals surface area contributed by atoms with Gasteiger partial charge in [0.05, 0.1) is 11.0 Å². The van der Waals surface area contributed by atoms with Gasteiger partial charge in [-0.15, -0.1) is 0 Å². The third-order valence-corrected chi connectivity index (χ3v) is 5.26. The molecule has 1 heterocycles. The van der Waals surface area contributed by atoms with Gasteiger partial charge < -0.3 is 27.1 Å². The van der Waals surface area contributed by atoms with Crippen molar-refractivity contribution in [2.75, 3.05) is 23.3 Å². The quantitative estimate of drug-likeness (QED) is 0.209. The van der Waals surface area contributed by atoms with Crippen LogP contribution in [-0.4, -0.2) is 28.3 Å². The fraction of sp³-hybridized carbons (Fsp3) is 0.160. The number of H-pyrrole nitrogens is 1.